The number of hydrogen-bond acceptors (Lipinski definition) is 8. The summed E-state index contributed by atoms with van der Waals surface area (Å²) in [5.74, 6) is 0.199. The number of carbonyl (C=O) groups excluding carboxylic acids is 2. The molecule has 1 aromatic heterocycles. The highest BCUT2D eigenvalue weighted by molar-refractivity contribution is 7.11. The van der Waals surface area contributed by atoms with Gasteiger partial charge in [0.15, 0.2) is 0 Å². The van der Waals surface area contributed by atoms with Gasteiger partial charge in [0.1, 0.15) is 30.0 Å². The van der Waals surface area contributed by atoms with Gasteiger partial charge >= 0.3 is 6.09 Å². The topological polar surface area (TPSA) is 125 Å². The number of benzene rings is 3. The van der Waals surface area contributed by atoms with E-state index in [4.69, 9.17) is 19.9 Å². The molecule has 0 saturated carbocycles. The molecule has 1 aliphatic rings. The Morgan fingerprint density at radius 2 is 1.80 bits per heavy atom. The number of hydrogen-bond donors (Lipinski definition) is 3. The SMILES string of the molecule is NCc1cccc(NC(=O)[C@@H](NC(=O)OCc2ccccc2)c2ccc(OCc3nc4c(s3)COCC4)cc2)c1. The second kappa shape index (κ2) is 13.2. The normalized spacial score (nSPS) is 13.1. The van der Waals surface area contributed by atoms with E-state index in [1.807, 2.05) is 42.5 Å². The van der Waals surface area contributed by atoms with Crippen molar-refractivity contribution in [2.24, 2.45) is 5.73 Å². The van der Waals surface area contributed by atoms with E-state index in [0.29, 0.717) is 43.4 Å². The number of nitrogens with two attached hydrogens (primary N) is 1. The van der Waals surface area contributed by atoms with Crippen molar-refractivity contribution in [1.29, 1.82) is 0 Å². The maximum absolute atomic E-state index is 13.4. The molecular weight excluding hydrogens is 528 g/mol. The van der Waals surface area contributed by atoms with Crippen LogP contribution < -0.4 is 21.1 Å². The third-order valence-electron chi connectivity index (χ3n) is 6.28. The van der Waals surface area contributed by atoms with Crippen LogP contribution in [0, 0.1) is 0 Å². The molecule has 4 aromatic rings. The third kappa shape index (κ3) is 7.23. The molecule has 0 saturated heterocycles. The first kappa shape index (κ1) is 27.3. The second-order valence-corrected chi connectivity index (χ2v) is 10.3. The molecule has 3 aromatic carbocycles. The lowest BCUT2D eigenvalue weighted by atomic mass is 10.1. The van der Waals surface area contributed by atoms with Crippen LogP contribution in [0.15, 0.2) is 78.9 Å². The molecule has 206 valence electrons. The van der Waals surface area contributed by atoms with Crippen LogP contribution >= 0.6 is 11.3 Å². The molecule has 1 atom stereocenters. The average molecular weight is 559 g/mol. The summed E-state index contributed by atoms with van der Waals surface area (Å²) in [4.78, 5) is 31.9. The van der Waals surface area contributed by atoms with Crippen LogP contribution in [-0.4, -0.2) is 23.6 Å². The molecule has 9 nitrogen and oxygen atoms in total. The van der Waals surface area contributed by atoms with Crippen LogP contribution in [0.25, 0.3) is 0 Å². The van der Waals surface area contributed by atoms with Gasteiger partial charge in [-0.2, -0.15) is 0 Å². The molecule has 0 fully saturated rings. The molecule has 4 N–H and O–H groups in total. The van der Waals surface area contributed by atoms with Gasteiger partial charge in [-0.1, -0.05) is 54.6 Å². The van der Waals surface area contributed by atoms with Gasteiger partial charge in [-0.05, 0) is 41.0 Å². The van der Waals surface area contributed by atoms with Gasteiger partial charge in [-0.15, -0.1) is 11.3 Å². The number of anilines is 1. The molecule has 0 bridgehead atoms. The predicted octanol–water partition coefficient (Wildman–Crippen LogP) is 4.86. The number of ether oxygens (including phenoxy) is 3. The minimum Gasteiger partial charge on any atom is -0.486 e. The highest BCUT2D eigenvalue weighted by atomic mass is 32.1. The van der Waals surface area contributed by atoms with Crippen LogP contribution in [0.4, 0.5) is 10.5 Å². The second-order valence-electron chi connectivity index (χ2n) is 9.17. The van der Waals surface area contributed by atoms with Crippen LogP contribution in [0.3, 0.4) is 0 Å². The van der Waals surface area contributed by atoms with E-state index >= 15 is 0 Å². The molecule has 10 heteroatoms. The summed E-state index contributed by atoms with van der Waals surface area (Å²) in [6.45, 7) is 2.05. The zero-order valence-corrected chi connectivity index (χ0v) is 22.6. The molecule has 0 spiro atoms. The van der Waals surface area contributed by atoms with Crippen molar-refractivity contribution in [2.45, 2.75) is 38.8 Å². The fourth-order valence-electron chi connectivity index (χ4n) is 4.22. The van der Waals surface area contributed by atoms with Gasteiger partial charge in [0.25, 0.3) is 5.91 Å². The Kier molecular flexibility index (Phi) is 9.02. The van der Waals surface area contributed by atoms with Gasteiger partial charge in [0, 0.05) is 18.7 Å². The molecule has 0 aliphatic carbocycles. The molecule has 2 heterocycles. The van der Waals surface area contributed by atoms with Gasteiger partial charge in [-0.3, -0.25) is 4.79 Å². The Labute approximate surface area is 236 Å². The first-order valence-electron chi connectivity index (χ1n) is 12.9. The summed E-state index contributed by atoms with van der Waals surface area (Å²) in [5, 5.41) is 6.45. The molecule has 0 unspecified atom stereocenters. The van der Waals surface area contributed by atoms with E-state index < -0.39 is 18.0 Å². The first-order valence-corrected chi connectivity index (χ1v) is 13.7. The van der Waals surface area contributed by atoms with Gasteiger partial charge < -0.3 is 30.6 Å². The quantitative estimate of drug-likeness (QED) is 0.254. The van der Waals surface area contributed by atoms with Crippen molar-refractivity contribution in [3.63, 3.8) is 0 Å². The summed E-state index contributed by atoms with van der Waals surface area (Å²) in [7, 11) is 0. The number of rotatable bonds is 10. The van der Waals surface area contributed by atoms with Gasteiger partial charge in [0.05, 0.1) is 23.8 Å². The van der Waals surface area contributed by atoms with Crippen LogP contribution in [0.1, 0.15) is 38.3 Å². The highest BCUT2D eigenvalue weighted by Crippen LogP contribution is 2.26. The third-order valence-corrected chi connectivity index (χ3v) is 7.33. The predicted molar refractivity (Wildman–Crippen MR) is 152 cm³/mol. The van der Waals surface area contributed by atoms with E-state index in [1.54, 1.807) is 47.7 Å². The Bertz CT molecular complexity index is 1420. The lowest BCUT2D eigenvalue weighted by molar-refractivity contribution is -0.118. The van der Waals surface area contributed by atoms with Crippen LogP contribution in [0.2, 0.25) is 0 Å². The Morgan fingerprint density at radius 1 is 1.00 bits per heavy atom. The molecule has 0 radical (unpaired) electrons. The van der Waals surface area contributed by atoms with Crippen molar-refractivity contribution in [1.82, 2.24) is 10.3 Å². The average Bonchev–Trinajstić information content (AvgIpc) is 3.42. The summed E-state index contributed by atoms with van der Waals surface area (Å²) in [5.41, 5.74) is 9.69. The fraction of sp³-hybridized carbons (Fsp3) is 0.233. The summed E-state index contributed by atoms with van der Waals surface area (Å²) >= 11 is 1.60. The number of amides is 2. The van der Waals surface area contributed by atoms with Crippen molar-refractivity contribution >= 4 is 29.0 Å². The van der Waals surface area contributed by atoms with E-state index in [-0.39, 0.29) is 6.61 Å². The number of nitrogens with one attached hydrogen (secondary N) is 2. The molecule has 40 heavy (non-hydrogen) atoms. The monoisotopic (exact) mass is 558 g/mol. The molecule has 5 rings (SSSR count). The Morgan fingerprint density at radius 3 is 2.58 bits per heavy atom. The molecule has 2 amide bonds. The summed E-state index contributed by atoms with van der Waals surface area (Å²) in [6.07, 6.45) is 0.109. The number of fused-ring (bicyclic) bond motifs is 1. The summed E-state index contributed by atoms with van der Waals surface area (Å²) in [6, 6.07) is 22.6. The van der Waals surface area contributed by atoms with E-state index in [2.05, 4.69) is 15.6 Å². The van der Waals surface area contributed by atoms with Crippen molar-refractivity contribution in [3.8, 4) is 5.75 Å². The maximum Gasteiger partial charge on any atom is 0.408 e. The van der Waals surface area contributed by atoms with Crippen molar-refractivity contribution in [2.75, 3.05) is 11.9 Å². The van der Waals surface area contributed by atoms with E-state index in [0.717, 1.165) is 33.1 Å². The Hall–Kier alpha value is -4.25. The first-order chi connectivity index (χ1) is 19.6. The van der Waals surface area contributed by atoms with Crippen molar-refractivity contribution in [3.05, 3.63) is 111 Å². The van der Waals surface area contributed by atoms with E-state index in [9.17, 15) is 9.59 Å². The number of nitrogens with zero attached hydrogens (tertiary/aromatic N) is 1. The number of aromatic nitrogens is 1. The molecular formula is C30H30N4O5S. The number of thiazole rings is 1. The lowest BCUT2D eigenvalue weighted by Crippen LogP contribution is -2.37. The zero-order chi connectivity index (χ0) is 27.7. The number of carbonyl (C=O) groups is 2. The van der Waals surface area contributed by atoms with Gasteiger partial charge in [0.2, 0.25) is 0 Å². The van der Waals surface area contributed by atoms with Crippen LogP contribution in [-0.2, 0) is 47.1 Å². The fourth-order valence-corrected chi connectivity index (χ4v) is 5.18. The molecule has 1 aliphatic heterocycles. The maximum atomic E-state index is 13.4. The Balaban J connectivity index is 1.27. The zero-order valence-electron chi connectivity index (χ0n) is 21.8. The highest BCUT2D eigenvalue weighted by Gasteiger charge is 2.24. The number of alkyl carbamates (subject to hydrolysis) is 1. The van der Waals surface area contributed by atoms with Gasteiger partial charge in [-0.25, -0.2) is 9.78 Å². The standard InChI is InChI=1S/C30H30N4O5S/c31-16-21-7-4-8-23(15-21)32-29(35)28(34-30(36)39-17-20-5-2-1-3-6-20)22-9-11-24(12-10-22)38-19-27-33-25-13-14-37-18-26(25)40-27/h1-12,15,28H,13-14,16-19,31H2,(H,32,35)(H,34,36)/t28-/m0/s1. The largest absolute Gasteiger partial charge is 0.486 e. The van der Waals surface area contributed by atoms with E-state index in [1.165, 1.54) is 0 Å². The minimum atomic E-state index is -1.01. The smallest absolute Gasteiger partial charge is 0.408 e. The minimum absolute atomic E-state index is 0.0820. The van der Waals surface area contributed by atoms with Crippen molar-refractivity contribution < 1.29 is 23.8 Å². The summed E-state index contributed by atoms with van der Waals surface area (Å²) < 4.78 is 16.8. The van der Waals surface area contributed by atoms with Crippen LogP contribution in [0.5, 0.6) is 5.75 Å². The lowest BCUT2D eigenvalue weighted by Gasteiger charge is -2.19.